The molecule has 0 aliphatic carbocycles. The highest BCUT2D eigenvalue weighted by atomic mass is 31.2. The molecule has 358 valence electrons. The van der Waals surface area contributed by atoms with Crippen LogP contribution in [0.3, 0.4) is 0 Å². The van der Waals surface area contributed by atoms with Crippen LogP contribution in [-0.2, 0) is 32.7 Å². The van der Waals surface area contributed by atoms with Gasteiger partial charge in [-0.3, -0.25) is 18.6 Å². The predicted octanol–water partition coefficient (Wildman–Crippen LogP) is 15.3. The second-order valence-corrected chi connectivity index (χ2v) is 18.5. The molecule has 0 aliphatic heterocycles. The second kappa shape index (κ2) is 47.7. The number of ether oxygens (including phenoxy) is 2. The number of phosphoric acid groups is 1. The zero-order valence-electron chi connectivity index (χ0n) is 39.7. The molecule has 1 unspecified atom stereocenters. The maximum Gasteiger partial charge on any atom is 0.472 e. The average Bonchev–Trinajstić information content (AvgIpc) is 3.25. The summed E-state index contributed by atoms with van der Waals surface area (Å²) in [7, 11) is -4.39. The normalized spacial score (nSPS) is 13.4. The molecular formula is C51H96NO8P. The smallest absolute Gasteiger partial charge is 0.462 e. The fourth-order valence-corrected chi connectivity index (χ4v) is 8.00. The van der Waals surface area contributed by atoms with Crippen molar-refractivity contribution in [2.45, 2.75) is 251 Å². The third-order valence-corrected chi connectivity index (χ3v) is 12.0. The van der Waals surface area contributed by atoms with E-state index >= 15 is 0 Å². The SMILES string of the molecule is CCCCC/C=C/C/C=C/C/C=C/CCCCCCC(=O)O[C@@H](COC(=O)CCCCCCCCCCCCCCCCCCCCCCCCC)COP(=O)(O)OCCN. The molecule has 61 heavy (non-hydrogen) atoms. The van der Waals surface area contributed by atoms with Crippen LogP contribution in [0.4, 0.5) is 0 Å². The van der Waals surface area contributed by atoms with Crippen molar-refractivity contribution in [2.24, 2.45) is 5.73 Å². The van der Waals surface area contributed by atoms with Crippen LogP contribution in [0.1, 0.15) is 245 Å². The number of allylic oxidation sites excluding steroid dienone is 6. The number of hydrogen-bond acceptors (Lipinski definition) is 8. The number of phosphoric ester groups is 1. The highest BCUT2D eigenvalue weighted by molar-refractivity contribution is 7.47. The van der Waals surface area contributed by atoms with Gasteiger partial charge in [-0.15, -0.1) is 0 Å². The average molecular weight is 882 g/mol. The third kappa shape index (κ3) is 47.5. The van der Waals surface area contributed by atoms with Gasteiger partial charge in [0.25, 0.3) is 0 Å². The van der Waals surface area contributed by atoms with Crippen LogP contribution in [0, 0.1) is 0 Å². The standard InChI is InChI=1S/C51H96NO8P/c1-3-5-7-9-11-13-15-17-19-21-22-23-24-25-26-28-29-31-33-35-37-39-41-43-50(53)57-47-49(48-59-61(55,56)58-46-45-52)60-51(54)44-42-40-38-36-34-32-30-27-20-18-16-14-12-10-8-6-4-2/h12,14,18,20,30,32,49H,3-11,13,15-17,19,21-29,31,33-48,52H2,1-2H3,(H,55,56)/b14-12+,20-18+,32-30+/t49-/m0/s1. The largest absolute Gasteiger partial charge is 0.472 e. The Hall–Kier alpha value is -1.77. The topological polar surface area (TPSA) is 134 Å². The van der Waals surface area contributed by atoms with Crippen LogP contribution < -0.4 is 5.73 Å². The molecule has 0 heterocycles. The Morgan fingerprint density at radius 2 is 0.852 bits per heavy atom. The Morgan fingerprint density at radius 1 is 0.492 bits per heavy atom. The summed E-state index contributed by atoms with van der Waals surface area (Å²) in [5, 5.41) is 0. The van der Waals surface area contributed by atoms with Crippen molar-refractivity contribution >= 4 is 19.8 Å². The number of hydrogen-bond donors (Lipinski definition) is 2. The van der Waals surface area contributed by atoms with Crippen LogP contribution >= 0.6 is 7.82 Å². The lowest BCUT2D eigenvalue weighted by atomic mass is 10.0. The van der Waals surface area contributed by atoms with Crippen molar-refractivity contribution in [3.8, 4) is 0 Å². The van der Waals surface area contributed by atoms with Gasteiger partial charge in [-0.2, -0.15) is 0 Å². The van der Waals surface area contributed by atoms with Gasteiger partial charge in [-0.05, 0) is 51.4 Å². The van der Waals surface area contributed by atoms with E-state index in [0.29, 0.717) is 6.42 Å². The Bertz CT molecular complexity index is 1100. The Kier molecular flexibility index (Phi) is 46.3. The van der Waals surface area contributed by atoms with Crippen molar-refractivity contribution < 1.29 is 37.6 Å². The molecule has 10 heteroatoms. The second-order valence-electron chi connectivity index (χ2n) is 17.0. The van der Waals surface area contributed by atoms with E-state index < -0.39 is 26.5 Å². The zero-order valence-corrected chi connectivity index (χ0v) is 40.5. The first-order valence-electron chi connectivity index (χ1n) is 25.5. The molecule has 0 bridgehead atoms. The van der Waals surface area contributed by atoms with Crippen LogP contribution in [0.2, 0.25) is 0 Å². The van der Waals surface area contributed by atoms with Crippen LogP contribution in [0.5, 0.6) is 0 Å². The Labute approximate surface area is 375 Å². The first-order valence-corrected chi connectivity index (χ1v) is 27.0. The Morgan fingerprint density at radius 3 is 1.30 bits per heavy atom. The summed E-state index contributed by atoms with van der Waals surface area (Å²) in [5.41, 5.74) is 5.36. The number of nitrogens with two attached hydrogens (primary N) is 1. The molecule has 0 aromatic heterocycles. The van der Waals surface area contributed by atoms with Crippen molar-refractivity contribution in [1.29, 1.82) is 0 Å². The van der Waals surface area contributed by atoms with E-state index in [-0.39, 0.29) is 38.6 Å². The first-order chi connectivity index (χ1) is 29.8. The van der Waals surface area contributed by atoms with Crippen LogP contribution in [0.25, 0.3) is 0 Å². The quantitative estimate of drug-likeness (QED) is 0.0265. The molecule has 2 atom stereocenters. The maximum absolute atomic E-state index is 12.6. The number of unbranched alkanes of at least 4 members (excludes halogenated alkanes) is 29. The fraction of sp³-hybridized carbons (Fsp3) is 0.843. The van der Waals surface area contributed by atoms with E-state index in [2.05, 4.69) is 50.3 Å². The van der Waals surface area contributed by atoms with Gasteiger partial charge in [0.05, 0.1) is 13.2 Å². The van der Waals surface area contributed by atoms with Gasteiger partial charge in [0.15, 0.2) is 6.10 Å². The monoisotopic (exact) mass is 882 g/mol. The van der Waals surface area contributed by atoms with E-state index in [4.69, 9.17) is 24.3 Å². The molecular weight excluding hydrogens is 786 g/mol. The molecule has 0 fully saturated rings. The minimum Gasteiger partial charge on any atom is -0.462 e. The summed E-state index contributed by atoms with van der Waals surface area (Å²) in [6.07, 6.45) is 54.7. The first kappa shape index (κ1) is 59.2. The maximum atomic E-state index is 12.6. The highest BCUT2D eigenvalue weighted by Crippen LogP contribution is 2.43. The van der Waals surface area contributed by atoms with E-state index in [1.165, 1.54) is 154 Å². The van der Waals surface area contributed by atoms with Crippen molar-refractivity contribution in [1.82, 2.24) is 0 Å². The molecule has 0 aromatic carbocycles. The summed E-state index contributed by atoms with van der Waals surface area (Å²) in [4.78, 5) is 35.0. The summed E-state index contributed by atoms with van der Waals surface area (Å²) in [6, 6.07) is 0. The number of carbonyl (C=O) groups excluding carboxylic acids is 2. The van der Waals surface area contributed by atoms with E-state index in [0.717, 1.165) is 57.8 Å². The summed E-state index contributed by atoms with van der Waals surface area (Å²) >= 11 is 0. The van der Waals surface area contributed by atoms with Gasteiger partial charge in [0.2, 0.25) is 0 Å². The molecule has 3 N–H and O–H groups in total. The van der Waals surface area contributed by atoms with Gasteiger partial charge >= 0.3 is 19.8 Å². The van der Waals surface area contributed by atoms with Crippen LogP contribution in [-0.4, -0.2) is 49.3 Å². The van der Waals surface area contributed by atoms with E-state index in [9.17, 15) is 19.0 Å². The van der Waals surface area contributed by atoms with Crippen molar-refractivity contribution in [3.63, 3.8) is 0 Å². The highest BCUT2D eigenvalue weighted by Gasteiger charge is 2.26. The molecule has 0 saturated heterocycles. The molecule has 0 radical (unpaired) electrons. The van der Waals surface area contributed by atoms with Gasteiger partial charge in [0, 0.05) is 19.4 Å². The van der Waals surface area contributed by atoms with E-state index in [1.807, 2.05) is 0 Å². The lowest BCUT2D eigenvalue weighted by Gasteiger charge is -2.19. The molecule has 0 aromatic rings. The van der Waals surface area contributed by atoms with Crippen LogP contribution in [0.15, 0.2) is 36.5 Å². The summed E-state index contributed by atoms with van der Waals surface area (Å²) in [5.74, 6) is -0.843. The Balaban J connectivity index is 4.03. The van der Waals surface area contributed by atoms with Crippen molar-refractivity contribution in [2.75, 3.05) is 26.4 Å². The molecule has 0 spiro atoms. The molecule has 0 amide bonds. The minimum absolute atomic E-state index is 0.0501. The molecule has 9 nitrogen and oxygen atoms in total. The lowest BCUT2D eigenvalue weighted by molar-refractivity contribution is -0.161. The number of carbonyl (C=O) groups is 2. The van der Waals surface area contributed by atoms with Gasteiger partial charge in [0.1, 0.15) is 6.61 Å². The number of rotatable bonds is 48. The summed E-state index contributed by atoms with van der Waals surface area (Å²) < 4.78 is 32.9. The predicted molar refractivity (Wildman–Crippen MR) is 257 cm³/mol. The van der Waals surface area contributed by atoms with Gasteiger partial charge in [-0.1, -0.05) is 217 Å². The molecule has 0 rings (SSSR count). The van der Waals surface area contributed by atoms with Gasteiger partial charge < -0.3 is 20.1 Å². The molecule has 0 saturated carbocycles. The molecule has 0 aliphatic rings. The van der Waals surface area contributed by atoms with Crippen molar-refractivity contribution in [3.05, 3.63) is 36.5 Å². The third-order valence-electron chi connectivity index (χ3n) is 11.0. The zero-order chi connectivity index (χ0) is 44.6. The van der Waals surface area contributed by atoms with Gasteiger partial charge in [-0.25, -0.2) is 4.57 Å². The minimum atomic E-state index is -4.39. The summed E-state index contributed by atoms with van der Waals surface area (Å²) in [6.45, 7) is 3.72. The lowest BCUT2D eigenvalue weighted by Crippen LogP contribution is -2.29. The van der Waals surface area contributed by atoms with E-state index in [1.54, 1.807) is 0 Å². The fourth-order valence-electron chi connectivity index (χ4n) is 7.23. The number of esters is 2.